The van der Waals surface area contributed by atoms with E-state index < -0.39 is 0 Å². The molecule has 0 aromatic carbocycles. The van der Waals surface area contributed by atoms with Gasteiger partial charge in [-0.3, -0.25) is 0 Å². The highest BCUT2D eigenvalue weighted by atomic mass is 32.1. The zero-order chi connectivity index (χ0) is 13.3. The van der Waals surface area contributed by atoms with E-state index in [4.69, 9.17) is 10.7 Å². The molecule has 0 unspecified atom stereocenters. The van der Waals surface area contributed by atoms with Crippen LogP contribution in [0.5, 0.6) is 0 Å². The lowest BCUT2D eigenvalue weighted by atomic mass is 9.91. The highest BCUT2D eigenvalue weighted by Crippen LogP contribution is 2.30. The molecule has 98 valence electrons. The van der Waals surface area contributed by atoms with Gasteiger partial charge in [-0.25, -0.2) is 9.97 Å². The van der Waals surface area contributed by atoms with Crippen LogP contribution in [0.2, 0.25) is 0 Å². The first-order chi connectivity index (χ1) is 8.40. The molecule has 0 aliphatic carbocycles. The molecule has 0 fully saturated rings. The second-order valence-electron chi connectivity index (χ2n) is 5.39. The van der Waals surface area contributed by atoms with Gasteiger partial charge in [-0.15, -0.1) is 22.7 Å². The molecule has 0 bridgehead atoms. The first kappa shape index (κ1) is 13.6. The first-order valence-corrected chi connectivity index (χ1v) is 7.70. The molecule has 0 aliphatic rings. The summed E-state index contributed by atoms with van der Waals surface area (Å²) in [5.41, 5.74) is 8.10. The van der Waals surface area contributed by atoms with Crippen LogP contribution in [-0.4, -0.2) is 9.97 Å². The molecule has 0 saturated carbocycles. The van der Waals surface area contributed by atoms with E-state index in [0.717, 1.165) is 27.8 Å². The number of thiazole rings is 2. The Morgan fingerprint density at radius 1 is 1.22 bits per heavy atom. The Bertz CT molecular complexity index is 535. The van der Waals surface area contributed by atoms with E-state index >= 15 is 0 Å². The van der Waals surface area contributed by atoms with E-state index in [1.54, 1.807) is 22.7 Å². The monoisotopic (exact) mass is 281 g/mol. The number of aromatic nitrogens is 2. The highest BCUT2D eigenvalue weighted by molar-refractivity contribution is 7.12. The van der Waals surface area contributed by atoms with Gasteiger partial charge in [0.1, 0.15) is 0 Å². The van der Waals surface area contributed by atoms with Crippen molar-refractivity contribution in [3.8, 4) is 0 Å². The summed E-state index contributed by atoms with van der Waals surface area (Å²) in [6.45, 7) is 9.13. The summed E-state index contributed by atoms with van der Waals surface area (Å²) in [5, 5.41) is 4.33. The van der Waals surface area contributed by atoms with Gasteiger partial charge in [0.25, 0.3) is 0 Å². The zero-order valence-electron chi connectivity index (χ0n) is 11.3. The van der Waals surface area contributed by atoms with Crippen LogP contribution < -0.4 is 5.73 Å². The molecular formula is C13H19N3S2. The summed E-state index contributed by atoms with van der Waals surface area (Å²) in [5.74, 6) is 0. The van der Waals surface area contributed by atoms with Gasteiger partial charge in [0, 0.05) is 27.9 Å². The maximum Gasteiger partial charge on any atom is 0.1000 e. The molecule has 5 heteroatoms. The molecule has 18 heavy (non-hydrogen) atoms. The van der Waals surface area contributed by atoms with Gasteiger partial charge >= 0.3 is 0 Å². The molecule has 0 amide bonds. The molecule has 2 aromatic rings. The number of aryl methyl sites for hydroxylation is 1. The van der Waals surface area contributed by atoms with Gasteiger partial charge in [-0.1, -0.05) is 20.8 Å². The van der Waals surface area contributed by atoms with Crippen LogP contribution in [0, 0.1) is 6.92 Å². The minimum atomic E-state index is 0.0578. The van der Waals surface area contributed by atoms with Crippen molar-refractivity contribution in [2.24, 2.45) is 5.73 Å². The average Bonchev–Trinajstić information content (AvgIpc) is 2.84. The van der Waals surface area contributed by atoms with Crippen LogP contribution in [0.15, 0.2) is 5.38 Å². The molecule has 0 spiro atoms. The van der Waals surface area contributed by atoms with Crippen molar-refractivity contribution in [3.05, 3.63) is 31.7 Å². The summed E-state index contributed by atoms with van der Waals surface area (Å²) >= 11 is 3.42. The van der Waals surface area contributed by atoms with Gasteiger partial charge < -0.3 is 5.73 Å². The molecule has 0 atom stereocenters. The molecule has 2 N–H and O–H groups in total. The largest absolute Gasteiger partial charge is 0.326 e. The lowest BCUT2D eigenvalue weighted by Gasteiger charge is -2.16. The predicted octanol–water partition coefficient (Wildman–Crippen LogP) is 3.26. The van der Waals surface area contributed by atoms with Crippen molar-refractivity contribution in [1.82, 2.24) is 9.97 Å². The zero-order valence-corrected chi connectivity index (χ0v) is 12.9. The third kappa shape index (κ3) is 2.96. The quantitative estimate of drug-likeness (QED) is 0.939. The van der Waals surface area contributed by atoms with Crippen molar-refractivity contribution in [2.75, 3.05) is 0 Å². The van der Waals surface area contributed by atoms with Crippen LogP contribution in [0.25, 0.3) is 0 Å². The van der Waals surface area contributed by atoms with Crippen molar-refractivity contribution >= 4 is 22.7 Å². The Hall–Kier alpha value is -0.780. The molecule has 2 rings (SSSR count). The summed E-state index contributed by atoms with van der Waals surface area (Å²) in [6.07, 6.45) is 0.826. The fourth-order valence-electron chi connectivity index (χ4n) is 1.81. The maximum absolute atomic E-state index is 5.82. The van der Waals surface area contributed by atoms with Crippen molar-refractivity contribution in [2.45, 2.75) is 46.1 Å². The topological polar surface area (TPSA) is 51.8 Å². The number of hydrogen-bond acceptors (Lipinski definition) is 5. The van der Waals surface area contributed by atoms with Crippen molar-refractivity contribution in [1.29, 1.82) is 0 Å². The molecule has 0 aliphatic heterocycles. The maximum atomic E-state index is 5.82. The highest BCUT2D eigenvalue weighted by Gasteiger charge is 2.22. The van der Waals surface area contributed by atoms with Crippen molar-refractivity contribution in [3.63, 3.8) is 0 Å². The minimum absolute atomic E-state index is 0.0578. The summed E-state index contributed by atoms with van der Waals surface area (Å²) < 4.78 is 0. The van der Waals surface area contributed by atoms with Crippen LogP contribution in [0.1, 0.15) is 47.1 Å². The molecule has 2 heterocycles. The number of nitrogens with zero attached hydrogens (tertiary/aromatic N) is 2. The lowest BCUT2D eigenvalue weighted by Crippen LogP contribution is -2.15. The van der Waals surface area contributed by atoms with Crippen LogP contribution in [-0.2, 0) is 18.4 Å². The Balaban J connectivity index is 2.27. The summed E-state index contributed by atoms with van der Waals surface area (Å²) in [7, 11) is 0. The summed E-state index contributed by atoms with van der Waals surface area (Å²) in [6, 6.07) is 0. The number of nitrogens with two attached hydrogens (primary N) is 1. The fourth-order valence-corrected chi connectivity index (χ4v) is 3.84. The Morgan fingerprint density at radius 2 is 1.94 bits per heavy atom. The smallest absolute Gasteiger partial charge is 0.1000 e. The fraction of sp³-hybridized carbons (Fsp3) is 0.538. The standard InChI is InChI=1S/C13H19N3S2/c1-8-7-17-10(15-8)5-11-16-12(13(2,3)4)9(6-14)18-11/h7H,5-6,14H2,1-4H3. The van der Waals surface area contributed by atoms with Gasteiger partial charge in [0.2, 0.25) is 0 Å². The third-order valence-electron chi connectivity index (χ3n) is 2.61. The van der Waals surface area contributed by atoms with E-state index in [9.17, 15) is 0 Å². The molecule has 0 saturated heterocycles. The second kappa shape index (κ2) is 5.07. The van der Waals surface area contributed by atoms with Gasteiger partial charge in [0.15, 0.2) is 0 Å². The van der Waals surface area contributed by atoms with E-state index in [2.05, 4.69) is 31.1 Å². The molecule has 3 nitrogen and oxygen atoms in total. The Kier molecular flexibility index (Phi) is 3.84. The SMILES string of the molecule is Cc1csc(Cc2nc(C(C)(C)C)c(CN)s2)n1. The molecule has 2 aromatic heterocycles. The second-order valence-corrected chi connectivity index (χ2v) is 7.50. The molecular weight excluding hydrogens is 262 g/mol. The third-order valence-corrected chi connectivity index (χ3v) is 4.65. The van der Waals surface area contributed by atoms with Gasteiger partial charge in [-0.2, -0.15) is 0 Å². The van der Waals surface area contributed by atoms with E-state index in [1.807, 2.05) is 6.92 Å². The summed E-state index contributed by atoms with van der Waals surface area (Å²) in [4.78, 5) is 10.4. The molecule has 0 radical (unpaired) electrons. The first-order valence-electron chi connectivity index (χ1n) is 6.00. The Morgan fingerprint density at radius 3 is 2.39 bits per heavy atom. The van der Waals surface area contributed by atoms with Gasteiger partial charge in [-0.05, 0) is 6.92 Å². The van der Waals surface area contributed by atoms with E-state index in [-0.39, 0.29) is 5.41 Å². The van der Waals surface area contributed by atoms with E-state index in [1.165, 1.54) is 4.88 Å². The lowest BCUT2D eigenvalue weighted by molar-refractivity contribution is 0.564. The normalized spacial score (nSPS) is 12.1. The number of rotatable bonds is 3. The number of hydrogen-bond donors (Lipinski definition) is 1. The minimum Gasteiger partial charge on any atom is -0.326 e. The van der Waals surface area contributed by atoms with Crippen LogP contribution in [0.4, 0.5) is 0 Å². The Labute approximate surface area is 116 Å². The average molecular weight is 281 g/mol. The van der Waals surface area contributed by atoms with Crippen LogP contribution >= 0.6 is 22.7 Å². The van der Waals surface area contributed by atoms with Crippen molar-refractivity contribution < 1.29 is 0 Å². The van der Waals surface area contributed by atoms with Crippen LogP contribution in [0.3, 0.4) is 0 Å². The predicted molar refractivity (Wildman–Crippen MR) is 78.4 cm³/mol. The van der Waals surface area contributed by atoms with E-state index in [0.29, 0.717) is 6.54 Å². The van der Waals surface area contributed by atoms with Gasteiger partial charge in [0.05, 0.1) is 22.1 Å².